The lowest BCUT2D eigenvalue weighted by molar-refractivity contribution is 0.0827. The number of halogens is 1. The molecule has 1 aliphatic heterocycles. The molecule has 3 aromatic rings. The van der Waals surface area contributed by atoms with Gasteiger partial charge in [0.25, 0.3) is 11.5 Å². The van der Waals surface area contributed by atoms with Gasteiger partial charge in [0.1, 0.15) is 34.2 Å². The van der Waals surface area contributed by atoms with Gasteiger partial charge in [-0.15, -0.1) is 0 Å². The number of hydrogen-bond donors (Lipinski definition) is 0. The molecule has 0 saturated carbocycles. The summed E-state index contributed by atoms with van der Waals surface area (Å²) in [7, 11) is 5.06. The molecule has 0 bridgehead atoms. The zero-order valence-corrected chi connectivity index (χ0v) is 19.5. The van der Waals surface area contributed by atoms with Crippen molar-refractivity contribution in [1.29, 1.82) is 5.26 Å². The van der Waals surface area contributed by atoms with Crippen LogP contribution >= 0.6 is 11.6 Å². The zero-order chi connectivity index (χ0) is 23.7. The number of amides is 1. The van der Waals surface area contributed by atoms with E-state index in [1.54, 1.807) is 57.5 Å². The van der Waals surface area contributed by atoms with E-state index >= 15 is 0 Å². The molecule has 1 aromatic carbocycles. The van der Waals surface area contributed by atoms with Gasteiger partial charge in [-0.05, 0) is 36.4 Å². The number of carbonyl (C=O) groups excluding carboxylic acids is 1. The van der Waals surface area contributed by atoms with Crippen LogP contribution < -0.4 is 15.2 Å². The summed E-state index contributed by atoms with van der Waals surface area (Å²) < 4.78 is 7.55. The van der Waals surface area contributed by atoms with Crippen LogP contribution in [0.5, 0.6) is 5.75 Å². The molecule has 0 atom stereocenters. The van der Waals surface area contributed by atoms with E-state index in [9.17, 15) is 14.9 Å². The van der Waals surface area contributed by atoms with Crippen LogP contribution in [0.15, 0.2) is 41.2 Å². The van der Waals surface area contributed by atoms with Crippen LogP contribution in [0.3, 0.4) is 0 Å². The molecule has 0 aliphatic carbocycles. The summed E-state index contributed by atoms with van der Waals surface area (Å²) in [5, 5.41) is 10.0. The van der Waals surface area contributed by atoms with E-state index in [1.165, 1.54) is 9.47 Å². The van der Waals surface area contributed by atoms with E-state index in [-0.39, 0.29) is 23.1 Å². The number of fused-ring (bicyclic) bond motifs is 1. The van der Waals surface area contributed by atoms with Gasteiger partial charge in [0.05, 0.1) is 11.2 Å². The van der Waals surface area contributed by atoms with Crippen molar-refractivity contribution in [1.82, 2.24) is 14.5 Å². The summed E-state index contributed by atoms with van der Waals surface area (Å²) >= 11 is 6.13. The van der Waals surface area contributed by atoms with Crippen molar-refractivity contribution in [3.63, 3.8) is 0 Å². The Morgan fingerprint density at radius 1 is 1.18 bits per heavy atom. The quantitative estimate of drug-likeness (QED) is 0.549. The van der Waals surface area contributed by atoms with Crippen molar-refractivity contribution in [2.24, 2.45) is 7.05 Å². The molecule has 33 heavy (non-hydrogen) atoms. The summed E-state index contributed by atoms with van der Waals surface area (Å²) in [5.74, 6) is 0.645. The summed E-state index contributed by atoms with van der Waals surface area (Å²) in [4.78, 5) is 32.8. The maximum atomic E-state index is 12.8. The Morgan fingerprint density at radius 3 is 2.45 bits per heavy atom. The van der Waals surface area contributed by atoms with E-state index in [2.05, 4.69) is 11.1 Å². The van der Waals surface area contributed by atoms with Gasteiger partial charge in [0, 0.05) is 52.6 Å². The Bertz CT molecular complexity index is 1300. The van der Waals surface area contributed by atoms with Gasteiger partial charge in [0.2, 0.25) is 0 Å². The van der Waals surface area contributed by atoms with Crippen molar-refractivity contribution in [3.8, 4) is 11.8 Å². The van der Waals surface area contributed by atoms with Gasteiger partial charge < -0.3 is 19.1 Å². The maximum Gasteiger partial charge on any atom is 0.270 e. The number of piperidine rings is 1. The second kappa shape index (κ2) is 9.12. The predicted molar refractivity (Wildman–Crippen MR) is 127 cm³/mol. The third-order valence-electron chi connectivity index (χ3n) is 5.86. The monoisotopic (exact) mass is 465 g/mol. The first-order chi connectivity index (χ1) is 15.8. The van der Waals surface area contributed by atoms with Crippen LogP contribution in [-0.2, 0) is 7.05 Å². The lowest BCUT2D eigenvalue weighted by atomic mass is 10.0. The number of hydrogen-bond acceptors (Lipinski definition) is 6. The summed E-state index contributed by atoms with van der Waals surface area (Å²) in [5.41, 5.74) is 2.03. The van der Waals surface area contributed by atoms with Crippen molar-refractivity contribution in [2.75, 3.05) is 32.1 Å². The molecule has 1 saturated heterocycles. The van der Waals surface area contributed by atoms with E-state index in [1.807, 2.05) is 4.90 Å². The number of anilines is 1. The number of nitriles is 1. The Kier molecular flexibility index (Phi) is 6.25. The molecule has 1 fully saturated rings. The SMILES string of the molecule is CN(C)C(=O)c1ccc(OC2CCN(c3c(C#N)c(=O)n(C)c4ccc(Cl)nc34)CC2)cc1. The second-order valence-corrected chi connectivity index (χ2v) is 8.62. The molecule has 1 amide bonds. The number of rotatable bonds is 4. The minimum atomic E-state index is -0.352. The molecule has 4 rings (SSSR count). The number of aromatic nitrogens is 2. The fourth-order valence-electron chi connectivity index (χ4n) is 4.10. The Labute approximate surface area is 196 Å². The molecular formula is C24H24ClN5O3. The van der Waals surface area contributed by atoms with Crippen molar-refractivity contribution >= 4 is 34.2 Å². The molecule has 170 valence electrons. The van der Waals surface area contributed by atoms with Gasteiger partial charge in [-0.1, -0.05) is 11.6 Å². The number of nitrogens with zero attached hydrogens (tertiary/aromatic N) is 5. The highest BCUT2D eigenvalue weighted by molar-refractivity contribution is 6.29. The average molecular weight is 466 g/mol. The standard InChI is InChI=1S/C24H24ClN5O3/c1-28(2)23(31)15-4-6-16(7-5-15)33-17-10-12-30(13-11-17)22-18(14-26)24(32)29(3)19-8-9-20(25)27-21(19)22/h4-9,17H,10-13H2,1-3H3. The molecule has 0 spiro atoms. The molecule has 8 nitrogen and oxygen atoms in total. The highest BCUT2D eigenvalue weighted by Crippen LogP contribution is 2.31. The van der Waals surface area contributed by atoms with E-state index in [4.69, 9.17) is 16.3 Å². The summed E-state index contributed by atoms with van der Waals surface area (Å²) in [6.07, 6.45) is 1.40. The fourth-order valence-corrected chi connectivity index (χ4v) is 4.25. The lowest BCUT2D eigenvalue weighted by Gasteiger charge is -2.34. The molecule has 3 heterocycles. The van der Waals surface area contributed by atoms with Crippen LogP contribution in [0.1, 0.15) is 28.8 Å². The first-order valence-electron chi connectivity index (χ1n) is 10.6. The van der Waals surface area contributed by atoms with Crippen molar-refractivity contribution in [2.45, 2.75) is 18.9 Å². The van der Waals surface area contributed by atoms with Gasteiger partial charge in [0.15, 0.2) is 0 Å². The van der Waals surface area contributed by atoms with Crippen LogP contribution in [0, 0.1) is 11.3 Å². The smallest absolute Gasteiger partial charge is 0.270 e. The molecular weight excluding hydrogens is 442 g/mol. The van der Waals surface area contributed by atoms with Crippen LogP contribution in [0.25, 0.3) is 11.0 Å². The first kappa shape index (κ1) is 22.6. The lowest BCUT2D eigenvalue weighted by Crippen LogP contribution is -2.40. The molecule has 2 aromatic heterocycles. The summed E-state index contributed by atoms with van der Waals surface area (Å²) in [6, 6.07) is 12.6. The number of aryl methyl sites for hydroxylation is 1. The second-order valence-electron chi connectivity index (χ2n) is 8.23. The number of carbonyl (C=O) groups is 1. The number of ether oxygens (including phenoxy) is 1. The Balaban J connectivity index is 1.53. The number of pyridine rings is 2. The van der Waals surface area contributed by atoms with Crippen LogP contribution in [0.4, 0.5) is 5.69 Å². The summed E-state index contributed by atoms with van der Waals surface area (Å²) in [6.45, 7) is 1.21. The van der Waals surface area contributed by atoms with Gasteiger partial charge in [-0.3, -0.25) is 9.59 Å². The molecule has 0 N–H and O–H groups in total. The maximum absolute atomic E-state index is 12.8. The van der Waals surface area contributed by atoms with Crippen LogP contribution in [-0.4, -0.2) is 53.6 Å². The first-order valence-corrected chi connectivity index (χ1v) is 11.0. The number of benzene rings is 1. The zero-order valence-electron chi connectivity index (χ0n) is 18.7. The molecule has 9 heteroatoms. The molecule has 1 aliphatic rings. The Morgan fingerprint density at radius 2 is 1.85 bits per heavy atom. The predicted octanol–water partition coefficient (Wildman–Crippen LogP) is 3.21. The minimum absolute atomic E-state index is 0.0171. The van der Waals surface area contributed by atoms with Gasteiger partial charge >= 0.3 is 0 Å². The highest BCUT2D eigenvalue weighted by atomic mass is 35.5. The normalized spacial score (nSPS) is 14.2. The minimum Gasteiger partial charge on any atom is -0.490 e. The van der Waals surface area contributed by atoms with Gasteiger partial charge in [-0.25, -0.2) is 4.98 Å². The highest BCUT2D eigenvalue weighted by Gasteiger charge is 2.27. The fraction of sp³-hybridized carbons (Fsp3) is 0.333. The largest absolute Gasteiger partial charge is 0.490 e. The molecule has 0 unspecified atom stereocenters. The van der Waals surface area contributed by atoms with E-state index in [0.29, 0.717) is 59.1 Å². The van der Waals surface area contributed by atoms with Crippen molar-refractivity contribution < 1.29 is 9.53 Å². The average Bonchev–Trinajstić information content (AvgIpc) is 2.81. The molecule has 0 radical (unpaired) electrons. The van der Waals surface area contributed by atoms with E-state index < -0.39 is 0 Å². The Hall–Kier alpha value is -3.57. The van der Waals surface area contributed by atoms with E-state index in [0.717, 1.165) is 0 Å². The third kappa shape index (κ3) is 4.37. The van der Waals surface area contributed by atoms with Crippen molar-refractivity contribution in [3.05, 3.63) is 63.0 Å². The third-order valence-corrected chi connectivity index (χ3v) is 6.07. The van der Waals surface area contributed by atoms with Crippen LogP contribution in [0.2, 0.25) is 5.15 Å². The van der Waals surface area contributed by atoms with Gasteiger partial charge in [-0.2, -0.15) is 5.26 Å². The topological polar surface area (TPSA) is 91.5 Å².